The Kier molecular flexibility index (Phi) is 3.74. The van der Waals surface area contributed by atoms with E-state index in [2.05, 4.69) is 0 Å². The van der Waals surface area contributed by atoms with E-state index in [1.165, 1.54) is 0 Å². The summed E-state index contributed by atoms with van der Waals surface area (Å²) in [7, 11) is 0. The van der Waals surface area contributed by atoms with Crippen LogP contribution in [0.3, 0.4) is 0 Å². The summed E-state index contributed by atoms with van der Waals surface area (Å²) in [5, 5.41) is 11.4. The molecule has 3 rings (SSSR count). The van der Waals surface area contributed by atoms with Gasteiger partial charge in [-0.3, -0.25) is 0 Å². The number of aliphatic hydroxyl groups excluding tert-OH is 1. The van der Waals surface area contributed by atoms with Crippen LogP contribution in [0.4, 0.5) is 0 Å². The topological polar surface area (TPSA) is 38.7 Å². The Morgan fingerprint density at radius 3 is 2.30 bits per heavy atom. The van der Waals surface area contributed by atoms with Gasteiger partial charge in [0.15, 0.2) is 11.5 Å². The highest BCUT2D eigenvalue weighted by atomic mass is 35.5. The zero-order valence-corrected chi connectivity index (χ0v) is 12.0. The van der Waals surface area contributed by atoms with E-state index in [1.807, 2.05) is 0 Å². The van der Waals surface area contributed by atoms with Gasteiger partial charge >= 0.3 is 0 Å². The largest absolute Gasteiger partial charge is 0.486 e. The molecule has 0 saturated heterocycles. The van der Waals surface area contributed by atoms with Crippen molar-refractivity contribution in [1.29, 1.82) is 0 Å². The zero-order chi connectivity index (χ0) is 14.1. The van der Waals surface area contributed by atoms with Crippen molar-refractivity contribution in [2.75, 3.05) is 13.2 Å². The van der Waals surface area contributed by atoms with E-state index >= 15 is 0 Å². The molecule has 1 unspecified atom stereocenters. The number of aliphatic hydroxyl groups is 1. The molecule has 0 bridgehead atoms. The summed E-state index contributed by atoms with van der Waals surface area (Å²) in [4.78, 5) is 0. The van der Waals surface area contributed by atoms with Gasteiger partial charge in [0.1, 0.15) is 19.3 Å². The molecule has 3 nitrogen and oxygen atoms in total. The monoisotopic (exact) mass is 310 g/mol. The fourth-order valence-electron chi connectivity index (χ4n) is 2.17. The molecule has 0 aromatic heterocycles. The smallest absolute Gasteiger partial charge is 0.161 e. The first-order valence-corrected chi connectivity index (χ1v) is 6.94. The molecule has 2 aromatic rings. The Hall–Kier alpha value is -1.42. The highest BCUT2D eigenvalue weighted by molar-refractivity contribution is 6.36. The first-order valence-electron chi connectivity index (χ1n) is 6.18. The maximum atomic E-state index is 10.5. The normalized spacial score (nSPS) is 14.9. The van der Waals surface area contributed by atoms with E-state index in [4.69, 9.17) is 32.7 Å². The molecule has 0 aliphatic carbocycles. The van der Waals surface area contributed by atoms with Crippen LogP contribution in [0.1, 0.15) is 17.2 Å². The number of hydrogen-bond donors (Lipinski definition) is 1. The van der Waals surface area contributed by atoms with Crippen molar-refractivity contribution in [2.24, 2.45) is 0 Å². The lowest BCUT2D eigenvalue weighted by atomic mass is 10.0. The van der Waals surface area contributed by atoms with Crippen LogP contribution < -0.4 is 9.47 Å². The first-order chi connectivity index (χ1) is 9.66. The van der Waals surface area contributed by atoms with Gasteiger partial charge in [-0.1, -0.05) is 35.3 Å². The first kappa shape index (κ1) is 13.6. The minimum atomic E-state index is -0.910. The number of ether oxygens (including phenoxy) is 2. The molecule has 0 fully saturated rings. The Labute approximate surface area is 126 Å². The molecule has 1 aliphatic heterocycles. The fraction of sp³-hybridized carbons (Fsp3) is 0.200. The van der Waals surface area contributed by atoms with Gasteiger partial charge in [-0.15, -0.1) is 0 Å². The van der Waals surface area contributed by atoms with Gasteiger partial charge in [0.05, 0.1) is 0 Å². The van der Waals surface area contributed by atoms with Gasteiger partial charge < -0.3 is 14.6 Å². The lowest BCUT2D eigenvalue weighted by molar-refractivity contribution is 0.169. The maximum absolute atomic E-state index is 10.5. The standard InChI is InChI=1S/C15H12Cl2O3/c16-10-2-1-3-11(17)14(10)15(18)9-4-5-12-13(8-9)20-7-6-19-12/h1-5,8,15,18H,6-7H2. The quantitative estimate of drug-likeness (QED) is 0.915. The molecule has 0 saturated carbocycles. The Bertz CT molecular complexity index is 623. The fourth-order valence-corrected chi connectivity index (χ4v) is 2.77. The van der Waals surface area contributed by atoms with Crippen LogP contribution in [0.2, 0.25) is 10.0 Å². The highest BCUT2D eigenvalue weighted by Crippen LogP contribution is 2.38. The Morgan fingerprint density at radius 2 is 1.60 bits per heavy atom. The van der Waals surface area contributed by atoms with E-state index in [0.29, 0.717) is 45.9 Å². The number of rotatable bonds is 2. The molecule has 20 heavy (non-hydrogen) atoms. The SMILES string of the molecule is OC(c1ccc2c(c1)OCCO2)c1c(Cl)cccc1Cl. The van der Waals surface area contributed by atoms with Gasteiger partial charge in [0.2, 0.25) is 0 Å². The number of fused-ring (bicyclic) bond motifs is 1. The molecule has 1 aliphatic rings. The second kappa shape index (κ2) is 5.52. The van der Waals surface area contributed by atoms with Crippen molar-refractivity contribution in [3.8, 4) is 11.5 Å². The van der Waals surface area contributed by atoms with Crippen LogP contribution in [-0.2, 0) is 0 Å². The van der Waals surface area contributed by atoms with Crippen LogP contribution in [0.5, 0.6) is 11.5 Å². The minimum absolute atomic E-state index is 0.430. The average Bonchev–Trinajstić information content (AvgIpc) is 2.46. The summed E-state index contributed by atoms with van der Waals surface area (Å²) < 4.78 is 11.0. The van der Waals surface area contributed by atoms with Crippen LogP contribution in [0, 0.1) is 0 Å². The van der Waals surface area contributed by atoms with Gasteiger partial charge in [0, 0.05) is 15.6 Å². The third-order valence-electron chi connectivity index (χ3n) is 3.16. The van der Waals surface area contributed by atoms with Gasteiger partial charge in [-0.05, 0) is 29.8 Å². The van der Waals surface area contributed by atoms with Crippen molar-refractivity contribution in [1.82, 2.24) is 0 Å². The van der Waals surface area contributed by atoms with Crippen LogP contribution >= 0.6 is 23.2 Å². The summed E-state index contributed by atoms with van der Waals surface area (Å²) in [5.74, 6) is 1.30. The third-order valence-corrected chi connectivity index (χ3v) is 3.81. The molecule has 5 heteroatoms. The average molecular weight is 311 g/mol. The molecule has 2 aromatic carbocycles. The van der Waals surface area contributed by atoms with E-state index < -0.39 is 6.10 Å². The van der Waals surface area contributed by atoms with E-state index in [1.54, 1.807) is 36.4 Å². The second-order valence-electron chi connectivity index (χ2n) is 4.44. The van der Waals surface area contributed by atoms with Crippen molar-refractivity contribution < 1.29 is 14.6 Å². The summed E-state index contributed by atoms with van der Waals surface area (Å²) in [6, 6.07) is 10.4. The maximum Gasteiger partial charge on any atom is 0.161 e. The van der Waals surface area contributed by atoms with Gasteiger partial charge in [-0.25, -0.2) is 0 Å². The van der Waals surface area contributed by atoms with Crippen LogP contribution in [-0.4, -0.2) is 18.3 Å². The second-order valence-corrected chi connectivity index (χ2v) is 5.26. The van der Waals surface area contributed by atoms with Crippen molar-refractivity contribution in [3.63, 3.8) is 0 Å². The van der Waals surface area contributed by atoms with E-state index in [9.17, 15) is 5.11 Å². The molecule has 0 radical (unpaired) electrons. The van der Waals surface area contributed by atoms with E-state index in [-0.39, 0.29) is 0 Å². The molecule has 0 spiro atoms. The molecule has 1 atom stereocenters. The minimum Gasteiger partial charge on any atom is -0.486 e. The number of halogens is 2. The molecule has 104 valence electrons. The molecular weight excluding hydrogens is 299 g/mol. The predicted octanol–water partition coefficient (Wildman–Crippen LogP) is 3.85. The summed E-state index contributed by atoms with van der Waals surface area (Å²) in [5.41, 5.74) is 1.15. The zero-order valence-electron chi connectivity index (χ0n) is 10.5. The molecule has 0 amide bonds. The predicted molar refractivity (Wildman–Crippen MR) is 78.0 cm³/mol. The molecular formula is C15H12Cl2O3. The number of hydrogen-bond acceptors (Lipinski definition) is 3. The summed E-state index contributed by atoms with van der Waals surface area (Å²) >= 11 is 12.2. The lowest BCUT2D eigenvalue weighted by Gasteiger charge is -2.21. The van der Waals surface area contributed by atoms with Crippen molar-refractivity contribution in [3.05, 3.63) is 57.6 Å². The summed E-state index contributed by atoms with van der Waals surface area (Å²) in [6.45, 7) is 1.03. The summed E-state index contributed by atoms with van der Waals surface area (Å²) in [6.07, 6.45) is -0.910. The third kappa shape index (κ3) is 2.44. The van der Waals surface area contributed by atoms with Gasteiger partial charge in [0.25, 0.3) is 0 Å². The van der Waals surface area contributed by atoms with Crippen molar-refractivity contribution >= 4 is 23.2 Å². The highest BCUT2D eigenvalue weighted by Gasteiger charge is 2.20. The van der Waals surface area contributed by atoms with Crippen LogP contribution in [0.25, 0.3) is 0 Å². The molecule has 1 N–H and O–H groups in total. The van der Waals surface area contributed by atoms with Gasteiger partial charge in [-0.2, -0.15) is 0 Å². The van der Waals surface area contributed by atoms with Crippen LogP contribution in [0.15, 0.2) is 36.4 Å². The molecule has 1 heterocycles. The van der Waals surface area contributed by atoms with Crippen molar-refractivity contribution in [2.45, 2.75) is 6.10 Å². The van der Waals surface area contributed by atoms with E-state index in [0.717, 1.165) is 0 Å². The number of benzene rings is 2. The Morgan fingerprint density at radius 1 is 0.950 bits per heavy atom. The lowest BCUT2D eigenvalue weighted by Crippen LogP contribution is -2.15. The Balaban J connectivity index is 2.00.